The number of fused-ring (bicyclic) bond motifs is 1. The van der Waals surface area contributed by atoms with Crippen LogP contribution in [0.2, 0.25) is 0 Å². The van der Waals surface area contributed by atoms with Gasteiger partial charge in [-0.1, -0.05) is 0 Å². The minimum Gasteiger partial charge on any atom is -0.382 e. The number of nitrogens with zero attached hydrogens (tertiary/aromatic N) is 6. The second-order valence-corrected chi connectivity index (χ2v) is 8.59. The molecule has 1 saturated heterocycles. The molecule has 1 atom stereocenters. The van der Waals surface area contributed by atoms with Gasteiger partial charge in [-0.05, 0) is 44.4 Å². The van der Waals surface area contributed by atoms with E-state index in [4.69, 9.17) is 4.98 Å². The quantitative estimate of drug-likeness (QED) is 0.697. The summed E-state index contributed by atoms with van der Waals surface area (Å²) in [5.41, 5.74) is 0.738. The van der Waals surface area contributed by atoms with E-state index < -0.39 is 12.7 Å². The Balaban J connectivity index is 1.58. The third-order valence-corrected chi connectivity index (χ3v) is 5.99. The van der Waals surface area contributed by atoms with E-state index in [-0.39, 0.29) is 12.1 Å². The van der Waals surface area contributed by atoms with Crippen molar-refractivity contribution < 1.29 is 18.0 Å². The van der Waals surface area contributed by atoms with E-state index in [1.807, 2.05) is 24.0 Å². The van der Waals surface area contributed by atoms with Crippen LogP contribution in [0.3, 0.4) is 0 Å². The van der Waals surface area contributed by atoms with Gasteiger partial charge in [-0.2, -0.15) is 13.2 Å². The number of alkyl halides is 3. The highest BCUT2D eigenvalue weighted by molar-refractivity contribution is 6.03. The van der Waals surface area contributed by atoms with Crippen molar-refractivity contribution >= 4 is 29.2 Å². The molecule has 2 amide bonds. The summed E-state index contributed by atoms with van der Waals surface area (Å²) in [6.45, 7) is 3.53. The van der Waals surface area contributed by atoms with Crippen LogP contribution in [-0.2, 0) is 0 Å². The van der Waals surface area contributed by atoms with Gasteiger partial charge in [-0.3, -0.25) is 15.1 Å². The van der Waals surface area contributed by atoms with Gasteiger partial charge in [0.05, 0.1) is 12.2 Å². The number of hydrogen-bond acceptors (Lipinski definition) is 7. The molecule has 34 heavy (non-hydrogen) atoms. The Hall–Kier alpha value is -3.15. The first kappa shape index (κ1) is 24.0. The molecular formula is C22H29F3N8O. The van der Waals surface area contributed by atoms with Crippen LogP contribution in [0.25, 0.3) is 0 Å². The van der Waals surface area contributed by atoms with E-state index in [0.29, 0.717) is 50.1 Å². The number of pyridine rings is 1. The highest BCUT2D eigenvalue weighted by Gasteiger charge is 2.32. The van der Waals surface area contributed by atoms with Crippen molar-refractivity contribution in [2.24, 2.45) is 0 Å². The second-order valence-electron chi connectivity index (χ2n) is 8.59. The standard InChI is InChI=1S/C22H29F3N8O/c1-16-4-2-8-27-17-5-6-19(32-11-3-10-31(12-13-32)14-22(23,24)25)30-20(17)33(16)21(34)29-18-7-9-26-15-28-18/h5-7,9,15-16,27H,2-4,8,10-14H2,1H3,(H,26,28,29,34)/t16-/m1/s1. The van der Waals surface area contributed by atoms with Crippen molar-refractivity contribution in [3.63, 3.8) is 0 Å². The maximum atomic E-state index is 13.3. The SMILES string of the molecule is C[C@@H]1CCCNc2ccc(N3CCCN(CC(F)(F)F)CC3)nc2N1C(=O)Nc1ccncn1. The first-order chi connectivity index (χ1) is 16.3. The van der Waals surface area contributed by atoms with Crippen LogP contribution in [0, 0.1) is 0 Å². The van der Waals surface area contributed by atoms with Crippen LogP contribution in [-0.4, -0.2) is 77.4 Å². The summed E-state index contributed by atoms with van der Waals surface area (Å²) < 4.78 is 38.5. The van der Waals surface area contributed by atoms with E-state index in [2.05, 4.69) is 20.6 Å². The van der Waals surface area contributed by atoms with Crippen molar-refractivity contribution in [2.75, 3.05) is 59.7 Å². The molecule has 0 unspecified atom stereocenters. The molecule has 0 aliphatic carbocycles. The molecule has 0 bridgehead atoms. The topological polar surface area (TPSA) is 89.5 Å². The Morgan fingerprint density at radius 1 is 1.18 bits per heavy atom. The highest BCUT2D eigenvalue weighted by atomic mass is 19.4. The summed E-state index contributed by atoms with van der Waals surface area (Å²) in [5, 5.41) is 6.16. The molecule has 0 aromatic carbocycles. The number of carbonyl (C=O) groups excluding carboxylic acids is 1. The molecule has 12 heteroatoms. The maximum Gasteiger partial charge on any atom is 0.401 e. The van der Waals surface area contributed by atoms with E-state index in [1.165, 1.54) is 11.2 Å². The van der Waals surface area contributed by atoms with Gasteiger partial charge in [0, 0.05) is 45.0 Å². The normalized spacial score (nSPS) is 19.9. The number of urea groups is 1. The zero-order valence-electron chi connectivity index (χ0n) is 19.1. The monoisotopic (exact) mass is 478 g/mol. The first-order valence-corrected chi connectivity index (χ1v) is 11.5. The third kappa shape index (κ3) is 6.04. The summed E-state index contributed by atoms with van der Waals surface area (Å²) in [6, 6.07) is 4.89. The molecule has 1 fully saturated rings. The number of nitrogens with one attached hydrogen (secondary N) is 2. The molecule has 4 rings (SSSR count). The van der Waals surface area contributed by atoms with Crippen LogP contribution in [0.1, 0.15) is 26.2 Å². The lowest BCUT2D eigenvalue weighted by molar-refractivity contribution is -0.145. The predicted octanol–water partition coefficient (Wildman–Crippen LogP) is 3.58. The zero-order valence-corrected chi connectivity index (χ0v) is 19.1. The Morgan fingerprint density at radius 2 is 2.03 bits per heavy atom. The Labute approximate surface area is 196 Å². The van der Waals surface area contributed by atoms with E-state index in [1.54, 1.807) is 17.2 Å². The predicted molar refractivity (Wildman–Crippen MR) is 124 cm³/mol. The molecular weight excluding hydrogens is 449 g/mol. The summed E-state index contributed by atoms with van der Waals surface area (Å²) in [4.78, 5) is 31.1. The van der Waals surface area contributed by atoms with Gasteiger partial charge in [0.15, 0.2) is 5.82 Å². The maximum absolute atomic E-state index is 13.3. The van der Waals surface area contributed by atoms with Gasteiger partial charge in [0.1, 0.15) is 18.0 Å². The minimum atomic E-state index is -4.21. The van der Waals surface area contributed by atoms with Crippen LogP contribution >= 0.6 is 0 Å². The van der Waals surface area contributed by atoms with Gasteiger partial charge in [0.2, 0.25) is 0 Å². The summed E-state index contributed by atoms with van der Waals surface area (Å²) in [7, 11) is 0. The molecule has 9 nitrogen and oxygen atoms in total. The number of halogens is 3. The van der Waals surface area contributed by atoms with Gasteiger partial charge < -0.3 is 10.2 Å². The Kier molecular flexibility index (Phi) is 7.35. The highest BCUT2D eigenvalue weighted by Crippen LogP contribution is 2.32. The summed E-state index contributed by atoms with van der Waals surface area (Å²) in [6.07, 6.45) is 0.968. The first-order valence-electron chi connectivity index (χ1n) is 11.5. The fraction of sp³-hybridized carbons (Fsp3) is 0.545. The van der Waals surface area contributed by atoms with Crippen molar-refractivity contribution in [3.05, 3.63) is 30.7 Å². The van der Waals surface area contributed by atoms with Crippen molar-refractivity contribution in [3.8, 4) is 0 Å². The Bertz CT molecular complexity index is 974. The lowest BCUT2D eigenvalue weighted by Crippen LogP contribution is -2.44. The van der Waals surface area contributed by atoms with E-state index in [0.717, 1.165) is 25.1 Å². The van der Waals surface area contributed by atoms with Gasteiger partial charge in [0.25, 0.3) is 0 Å². The second kappa shape index (κ2) is 10.4. The van der Waals surface area contributed by atoms with E-state index in [9.17, 15) is 18.0 Å². The van der Waals surface area contributed by atoms with Crippen molar-refractivity contribution in [2.45, 2.75) is 38.4 Å². The number of rotatable bonds is 3. The van der Waals surface area contributed by atoms with Crippen molar-refractivity contribution in [1.82, 2.24) is 19.9 Å². The molecule has 2 aliphatic rings. The number of amides is 2. The van der Waals surface area contributed by atoms with Crippen molar-refractivity contribution in [1.29, 1.82) is 0 Å². The number of aromatic nitrogens is 3. The average Bonchev–Trinajstić information content (AvgIpc) is 3.01. The minimum absolute atomic E-state index is 0.114. The summed E-state index contributed by atoms with van der Waals surface area (Å²) in [5.74, 6) is 1.52. The smallest absolute Gasteiger partial charge is 0.382 e. The molecule has 2 aliphatic heterocycles. The fourth-order valence-electron chi connectivity index (χ4n) is 4.34. The molecule has 4 heterocycles. The number of carbonyl (C=O) groups is 1. The molecule has 0 saturated carbocycles. The lowest BCUT2D eigenvalue weighted by Gasteiger charge is -2.33. The third-order valence-electron chi connectivity index (χ3n) is 5.99. The summed E-state index contributed by atoms with van der Waals surface area (Å²) >= 11 is 0. The van der Waals surface area contributed by atoms with Crippen LogP contribution in [0.4, 0.5) is 41.1 Å². The van der Waals surface area contributed by atoms with Gasteiger partial charge >= 0.3 is 12.2 Å². The average molecular weight is 479 g/mol. The van der Waals surface area contributed by atoms with Gasteiger partial charge in [-0.25, -0.2) is 19.7 Å². The molecule has 184 valence electrons. The number of anilines is 4. The lowest BCUT2D eigenvalue weighted by atomic mass is 10.1. The molecule has 2 aromatic rings. The fourth-order valence-corrected chi connectivity index (χ4v) is 4.34. The van der Waals surface area contributed by atoms with Crippen LogP contribution in [0.15, 0.2) is 30.7 Å². The molecule has 2 aromatic heterocycles. The molecule has 2 N–H and O–H groups in total. The zero-order chi connectivity index (χ0) is 24.1. The largest absolute Gasteiger partial charge is 0.401 e. The van der Waals surface area contributed by atoms with Crippen LogP contribution < -0.4 is 20.4 Å². The van der Waals surface area contributed by atoms with Gasteiger partial charge in [-0.15, -0.1) is 0 Å². The molecule has 0 spiro atoms. The Morgan fingerprint density at radius 3 is 2.79 bits per heavy atom. The number of hydrogen-bond donors (Lipinski definition) is 2. The molecule has 0 radical (unpaired) electrons. The van der Waals surface area contributed by atoms with E-state index >= 15 is 0 Å². The van der Waals surface area contributed by atoms with Crippen LogP contribution in [0.5, 0.6) is 0 Å².